The van der Waals surface area contributed by atoms with Crippen molar-refractivity contribution in [2.24, 2.45) is 0 Å². The number of rotatable bonds is 6. The molecule has 278 valence electrons. The van der Waals surface area contributed by atoms with E-state index in [9.17, 15) is 0 Å². The first-order valence-corrected chi connectivity index (χ1v) is 20.1. The summed E-state index contributed by atoms with van der Waals surface area (Å²) in [5.41, 5.74) is 14.5. The average molecular weight is 757 g/mol. The van der Waals surface area contributed by atoms with Crippen LogP contribution in [0, 0.1) is 0 Å². The lowest BCUT2D eigenvalue weighted by molar-refractivity contribution is 0.437. The van der Waals surface area contributed by atoms with Crippen molar-refractivity contribution in [3.05, 3.63) is 241 Å². The Balaban J connectivity index is 1.11. The molecule has 0 atom stereocenters. The molecule has 9 aromatic carbocycles. The van der Waals surface area contributed by atoms with Gasteiger partial charge in [0.15, 0.2) is 5.75 Å². The number of para-hydroxylation sites is 5. The fraction of sp³-hybridized carbons (Fsp3) is 0.0182. The van der Waals surface area contributed by atoms with Crippen molar-refractivity contribution in [1.29, 1.82) is 0 Å². The molecule has 0 radical (unpaired) electrons. The third-order valence-electron chi connectivity index (χ3n) is 12.1. The van der Waals surface area contributed by atoms with Crippen molar-refractivity contribution in [3.8, 4) is 22.6 Å². The Morgan fingerprint density at radius 2 is 0.864 bits per heavy atom. The van der Waals surface area contributed by atoms with Crippen LogP contribution in [0.15, 0.2) is 223 Å². The Morgan fingerprint density at radius 1 is 0.356 bits per heavy atom. The van der Waals surface area contributed by atoms with Crippen molar-refractivity contribution in [1.82, 2.24) is 0 Å². The molecule has 0 N–H and O–H groups in total. The molecule has 1 aliphatic heterocycles. The number of hydrogen-bond donors (Lipinski definition) is 0. The van der Waals surface area contributed by atoms with Crippen molar-refractivity contribution >= 4 is 56.1 Å². The maximum Gasteiger partial charge on any atom is 0.156 e. The summed E-state index contributed by atoms with van der Waals surface area (Å²) in [6, 6.07) is 77.5. The summed E-state index contributed by atoms with van der Waals surface area (Å²) in [5, 5.41) is 2.07. The van der Waals surface area contributed by atoms with E-state index in [2.05, 4.69) is 228 Å². The van der Waals surface area contributed by atoms with E-state index >= 15 is 0 Å². The van der Waals surface area contributed by atoms with Gasteiger partial charge in [-0.2, -0.15) is 0 Å². The second-order valence-corrected chi connectivity index (χ2v) is 15.2. The van der Waals surface area contributed by atoms with E-state index in [1.807, 2.05) is 0 Å². The zero-order valence-electron chi connectivity index (χ0n) is 32.0. The molecule has 0 fully saturated rings. The lowest BCUT2D eigenvalue weighted by Gasteiger charge is -2.41. The van der Waals surface area contributed by atoms with Gasteiger partial charge in [0.1, 0.15) is 16.9 Å². The fourth-order valence-corrected chi connectivity index (χ4v) is 9.75. The number of benzene rings is 9. The molecule has 12 rings (SSSR count). The lowest BCUT2D eigenvalue weighted by Crippen LogP contribution is -2.32. The Labute approximate surface area is 342 Å². The smallest absolute Gasteiger partial charge is 0.156 e. The van der Waals surface area contributed by atoms with Crippen LogP contribution in [0.3, 0.4) is 0 Å². The van der Waals surface area contributed by atoms with Gasteiger partial charge in [-0.25, -0.2) is 0 Å². The maximum absolute atomic E-state index is 7.17. The normalized spacial score (nSPS) is 13.0. The van der Waals surface area contributed by atoms with Gasteiger partial charge >= 0.3 is 0 Å². The second kappa shape index (κ2) is 13.1. The van der Waals surface area contributed by atoms with Crippen LogP contribution in [0.4, 0.5) is 34.1 Å². The van der Waals surface area contributed by atoms with Gasteiger partial charge in [0, 0.05) is 39.3 Å². The largest absolute Gasteiger partial charge is 0.456 e. The molecule has 2 aliphatic rings. The van der Waals surface area contributed by atoms with Crippen molar-refractivity contribution < 1.29 is 9.15 Å². The third-order valence-corrected chi connectivity index (χ3v) is 12.1. The first-order chi connectivity index (χ1) is 29.3. The summed E-state index contributed by atoms with van der Waals surface area (Å²) in [6.45, 7) is 0. The Morgan fingerprint density at radius 3 is 1.51 bits per heavy atom. The quantitative estimate of drug-likeness (QED) is 0.169. The lowest BCUT2D eigenvalue weighted by atomic mass is 9.66. The van der Waals surface area contributed by atoms with Crippen LogP contribution in [0.25, 0.3) is 33.1 Å². The number of fused-ring (bicyclic) bond motifs is 12. The molecule has 0 amide bonds. The SMILES string of the molecule is c1ccc(N(c2ccc3oc4cccc(N(c5ccccc5)c5ccccc5)c4c3c2)c2cccc3c2Oc2ccccc2C32c3ccccc3-c3ccccc32)cc1. The highest BCUT2D eigenvalue weighted by atomic mass is 16.5. The molecule has 0 saturated heterocycles. The molecule has 0 bridgehead atoms. The van der Waals surface area contributed by atoms with Crippen LogP contribution in [-0.4, -0.2) is 0 Å². The molecule has 2 heterocycles. The maximum atomic E-state index is 7.17. The molecule has 59 heavy (non-hydrogen) atoms. The van der Waals surface area contributed by atoms with Crippen LogP contribution in [0.1, 0.15) is 22.3 Å². The van der Waals surface area contributed by atoms with Crippen molar-refractivity contribution in [3.63, 3.8) is 0 Å². The summed E-state index contributed by atoms with van der Waals surface area (Å²) in [7, 11) is 0. The van der Waals surface area contributed by atoms with Crippen molar-refractivity contribution in [2.75, 3.05) is 9.80 Å². The van der Waals surface area contributed by atoms with Gasteiger partial charge in [0.05, 0.1) is 22.2 Å². The van der Waals surface area contributed by atoms with E-state index in [1.54, 1.807) is 0 Å². The molecule has 1 spiro atoms. The van der Waals surface area contributed by atoms with E-state index in [0.717, 1.165) is 78.7 Å². The first kappa shape index (κ1) is 33.3. The van der Waals surface area contributed by atoms with E-state index in [-0.39, 0.29) is 0 Å². The minimum Gasteiger partial charge on any atom is -0.456 e. The predicted octanol–water partition coefficient (Wildman–Crippen LogP) is 15.0. The van der Waals surface area contributed by atoms with Crippen LogP contribution >= 0.6 is 0 Å². The molecule has 1 aromatic heterocycles. The van der Waals surface area contributed by atoms with Crippen LogP contribution in [0.2, 0.25) is 0 Å². The summed E-state index contributed by atoms with van der Waals surface area (Å²) in [6.07, 6.45) is 0. The van der Waals surface area contributed by atoms with Crippen molar-refractivity contribution in [2.45, 2.75) is 5.41 Å². The zero-order valence-corrected chi connectivity index (χ0v) is 32.0. The summed E-state index contributed by atoms with van der Waals surface area (Å²) in [4.78, 5) is 4.65. The molecule has 10 aromatic rings. The topological polar surface area (TPSA) is 28.9 Å². The van der Waals surface area contributed by atoms with Gasteiger partial charge in [-0.1, -0.05) is 140 Å². The average Bonchev–Trinajstić information content (AvgIpc) is 3.82. The minimum atomic E-state index is -0.576. The van der Waals surface area contributed by atoms with Gasteiger partial charge < -0.3 is 19.0 Å². The molecule has 0 saturated carbocycles. The van der Waals surface area contributed by atoms with Gasteiger partial charge in [-0.05, 0) is 101 Å². The Kier molecular flexibility index (Phi) is 7.41. The van der Waals surface area contributed by atoms with Gasteiger partial charge in [0.2, 0.25) is 0 Å². The highest BCUT2D eigenvalue weighted by Gasteiger charge is 2.51. The van der Waals surface area contributed by atoms with Crippen LogP contribution < -0.4 is 14.5 Å². The Hall–Kier alpha value is -7.82. The molecule has 1 aliphatic carbocycles. The highest BCUT2D eigenvalue weighted by molar-refractivity contribution is 6.14. The number of anilines is 6. The Bertz CT molecular complexity index is 3120. The van der Waals surface area contributed by atoms with E-state index in [1.165, 1.54) is 22.3 Å². The standard InChI is InChI=1S/C55H36N2O2/c1-4-18-37(19-5-1)56(38-20-6-2-7-21-38)48-30-17-33-52-53(48)43-36-40(34-35-50(43)58-52)57(39-22-8-3-9-23-39)49-31-16-29-47-54(49)59-51-32-15-14-28-46(51)55(47)44-26-12-10-24-41(44)42-25-11-13-27-45(42)55/h1-36H. The van der Waals surface area contributed by atoms with E-state index in [0.29, 0.717) is 0 Å². The molecular formula is C55H36N2O2. The summed E-state index contributed by atoms with van der Waals surface area (Å²) < 4.78 is 13.8. The number of hydrogen-bond acceptors (Lipinski definition) is 4. The highest BCUT2D eigenvalue weighted by Crippen LogP contribution is 2.64. The summed E-state index contributed by atoms with van der Waals surface area (Å²) in [5.74, 6) is 1.69. The third kappa shape index (κ3) is 4.90. The molecule has 0 unspecified atom stereocenters. The first-order valence-electron chi connectivity index (χ1n) is 20.1. The number of furan rings is 1. The number of ether oxygens (including phenoxy) is 1. The molecule has 4 heteroatoms. The minimum absolute atomic E-state index is 0.576. The number of nitrogens with zero attached hydrogens (tertiary/aromatic N) is 2. The van der Waals surface area contributed by atoms with Gasteiger partial charge in [0.25, 0.3) is 0 Å². The van der Waals surface area contributed by atoms with E-state index in [4.69, 9.17) is 9.15 Å². The molecule has 4 nitrogen and oxygen atoms in total. The van der Waals surface area contributed by atoms with Gasteiger partial charge in [-0.3, -0.25) is 0 Å². The molecular weight excluding hydrogens is 721 g/mol. The van der Waals surface area contributed by atoms with Crippen LogP contribution in [0.5, 0.6) is 11.5 Å². The summed E-state index contributed by atoms with van der Waals surface area (Å²) >= 11 is 0. The monoisotopic (exact) mass is 756 g/mol. The second-order valence-electron chi connectivity index (χ2n) is 15.2. The van der Waals surface area contributed by atoms with Gasteiger partial charge in [-0.15, -0.1) is 0 Å². The van der Waals surface area contributed by atoms with Crippen LogP contribution in [-0.2, 0) is 5.41 Å². The van der Waals surface area contributed by atoms with E-state index < -0.39 is 5.41 Å². The fourth-order valence-electron chi connectivity index (χ4n) is 9.75. The zero-order chi connectivity index (χ0) is 38.9. The predicted molar refractivity (Wildman–Crippen MR) is 240 cm³/mol.